The maximum absolute atomic E-state index is 12.2. The maximum atomic E-state index is 12.2. The van der Waals surface area contributed by atoms with E-state index in [2.05, 4.69) is 9.84 Å². The molecule has 26 heavy (non-hydrogen) atoms. The molecule has 0 saturated heterocycles. The fraction of sp³-hybridized carbons (Fsp3) is 0.133. The first-order valence-corrected chi connectivity index (χ1v) is 10.4. The number of anilines is 2. The van der Waals surface area contributed by atoms with Crippen LogP contribution in [-0.4, -0.2) is 36.5 Å². The molecule has 140 valence electrons. The van der Waals surface area contributed by atoms with Gasteiger partial charge in [-0.05, 0) is 42.5 Å². The largest absolute Gasteiger partial charge is 0.469 e. The Morgan fingerprint density at radius 1 is 1.15 bits per heavy atom. The van der Waals surface area contributed by atoms with Crippen LogP contribution in [0.2, 0.25) is 0 Å². The standard InChI is InChI=1S/C15H17N2O7PS/c16-12-6-4-11(5-7-12)15(18)17-13-2-1-3-14(10-13)26(22,23)9-8-24-25(19,20)21/h1-7,10H,8-9,16H2,(H,17,18)(H2,19,20,21). The number of carbonyl (C=O) groups excluding carboxylic acids is 1. The number of carbonyl (C=O) groups is 1. The summed E-state index contributed by atoms with van der Waals surface area (Å²) in [5, 5.41) is 2.57. The van der Waals surface area contributed by atoms with E-state index in [0.29, 0.717) is 11.3 Å². The Labute approximate surface area is 150 Å². The summed E-state index contributed by atoms with van der Waals surface area (Å²) in [6.07, 6.45) is 0. The Balaban J connectivity index is 2.10. The van der Waals surface area contributed by atoms with Crippen LogP contribution in [-0.2, 0) is 18.9 Å². The zero-order valence-corrected chi connectivity index (χ0v) is 15.1. The third kappa shape index (κ3) is 5.94. The highest BCUT2D eigenvalue weighted by molar-refractivity contribution is 7.91. The van der Waals surface area contributed by atoms with Gasteiger partial charge in [0.25, 0.3) is 5.91 Å². The summed E-state index contributed by atoms with van der Waals surface area (Å²) < 4.78 is 39.2. The third-order valence-electron chi connectivity index (χ3n) is 3.24. The minimum Gasteiger partial charge on any atom is -0.399 e. The zero-order chi connectivity index (χ0) is 19.4. The average molecular weight is 400 g/mol. The number of rotatable bonds is 7. The molecule has 11 heteroatoms. The third-order valence-corrected chi connectivity index (χ3v) is 5.43. The summed E-state index contributed by atoms with van der Waals surface area (Å²) in [5.74, 6) is -1.06. The molecule has 2 aromatic carbocycles. The van der Waals surface area contributed by atoms with Crippen molar-refractivity contribution in [3.05, 3.63) is 54.1 Å². The van der Waals surface area contributed by atoms with Crippen molar-refractivity contribution in [1.29, 1.82) is 0 Å². The number of nitrogens with one attached hydrogen (secondary N) is 1. The average Bonchev–Trinajstić information content (AvgIpc) is 2.54. The first kappa shape index (κ1) is 20.1. The van der Waals surface area contributed by atoms with E-state index in [9.17, 15) is 17.8 Å². The Bertz CT molecular complexity index is 939. The minimum absolute atomic E-state index is 0.109. The van der Waals surface area contributed by atoms with Crippen molar-refractivity contribution in [3.63, 3.8) is 0 Å². The molecular formula is C15H17N2O7PS. The van der Waals surface area contributed by atoms with E-state index in [0.717, 1.165) is 0 Å². The summed E-state index contributed by atoms with van der Waals surface area (Å²) in [6.45, 7) is -0.658. The van der Waals surface area contributed by atoms with Crippen LogP contribution in [0.15, 0.2) is 53.4 Å². The lowest BCUT2D eigenvalue weighted by molar-refractivity contribution is 0.102. The second-order valence-electron chi connectivity index (χ2n) is 5.25. The number of phosphoric ester groups is 1. The summed E-state index contributed by atoms with van der Waals surface area (Å²) in [6, 6.07) is 11.7. The molecule has 9 nitrogen and oxygen atoms in total. The van der Waals surface area contributed by atoms with E-state index < -0.39 is 35.9 Å². The Hall–Kier alpha value is -2.23. The molecule has 2 aromatic rings. The van der Waals surface area contributed by atoms with Crippen LogP contribution in [0.25, 0.3) is 0 Å². The van der Waals surface area contributed by atoms with Crippen LogP contribution in [0.4, 0.5) is 11.4 Å². The van der Waals surface area contributed by atoms with Gasteiger partial charge in [-0.1, -0.05) is 6.07 Å². The van der Waals surface area contributed by atoms with Gasteiger partial charge in [-0.3, -0.25) is 9.32 Å². The van der Waals surface area contributed by atoms with Gasteiger partial charge in [0.2, 0.25) is 0 Å². The van der Waals surface area contributed by atoms with Gasteiger partial charge >= 0.3 is 7.82 Å². The second kappa shape index (κ2) is 7.98. The van der Waals surface area contributed by atoms with Gasteiger partial charge in [-0.2, -0.15) is 0 Å². The molecule has 5 N–H and O–H groups in total. The number of hydrogen-bond acceptors (Lipinski definition) is 6. The molecule has 0 radical (unpaired) electrons. The Morgan fingerprint density at radius 3 is 2.42 bits per heavy atom. The highest BCUT2D eigenvalue weighted by Crippen LogP contribution is 2.35. The lowest BCUT2D eigenvalue weighted by Gasteiger charge is -2.09. The SMILES string of the molecule is Nc1ccc(C(=O)Nc2cccc(S(=O)(=O)CCOP(=O)(O)O)c2)cc1. The van der Waals surface area contributed by atoms with Gasteiger partial charge in [-0.15, -0.1) is 0 Å². The molecule has 0 atom stereocenters. The Morgan fingerprint density at radius 2 is 1.81 bits per heavy atom. The molecule has 0 fully saturated rings. The summed E-state index contributed by atoms with van der Waals surface area (Å²) in [4.78, 5) is 29.2. The van der Waals surface area contributed by atoms with E-state index in [1.165, 1.54) is 36.4 Å². The van der Waals surface area contributed by atoms with Crippen molar-refractivity contribution in [2.75, 3.05) is 23.4 Å². The Kier molecular flexibility index (Phi) is 6.17. The number of nitrogens with two attached hydrogens (primary N) is 1. The molecule has 0 bridgehead atoms. The molecule has 0 aliphatic heterocycles. The van der Waals surface area contributed by atoms with Crippen LogP contribution < -0.4 is 11.1 Å². The minimum atomic E-state index is -4.74. The number of hydrogen-bond donors (Lipinski definition) is 4. The smallest absolute Gasteiger partial charge is 0.399 e. The summed E-state index contributed by atoms with van der Waals surface area (Å²) in [7, 11) is -8.59. The van der Waals surface area contributed by atoms with Crippen LogP contribution in [0.3, 0.4) is 0 Å². The molecular weight excluding hydrogens is 383 g/mol. The quantitative estimate of drug-likeness (QED) is 0.401. The van der Waals surface area contributed by atoms with Crippen molar-refractivity contribution in [1.82, 2.24) is 0 Å². The fourth-order valence-corrected chi connectivity index (χ4v) is 3.57. The van der Waals surface area contributed by atoms with E-state index in [1.54, 1.807) is 12.1 Å². The molecule has 0 aromatic heterocycles. The molecule has 0 aliphatic carbocycles. The lowest BCUT2D eigenvalue weighted by Crippen LogP contribution is -2.14. The fourth-order valence-electron chi connectivity index (χ4n) is 1.99. The van der Waals surface area contributed by atoms with E-state index in [1.807, 2.05) is 0 Å². The predicted octanol–water partition coefficient (Wildman–Crippen LogP) is 1.40. The van der Waals surface area contributed by atoms with E-state index >= 15 is 0 Å². The van der Waals surface area contributed by atoms with Crippen molar-refractivity contribution in [3.8, 4) is 0 Å². The maximum Gasteiger partial charge on any atom is 0.469 e. The van der Waals surface area contributed by atoms with Crippen molar-refractivity contribution in [2.24, 2.45) is 0 Å². The molecule has 0 heterocycles. The molecule has 2 rings (SSSR count). The van der Waals surface area contributed by atoms with Gasteiger partial charge in [0, 0.05) is 16.9 Å². The van der Waals surface area contributed by atoms with Gasteiger partial charge in [-0.25, -0.2) is 13.0 Å². The number of nitrogen functional groups attached to an aromatic ring is 1. The molecule has 0 aliphatic rings. The number of sulfone groups is 1. The van der Waals surface area contributed by atoms with Crippen LogP contribution in [0, 0.1) is 0 Å². The summed E-state index contributed by atoms with van der Waals surface area (Å²) in [5.41, 5.74) is 6.67. The van der Waals surface area contributed by atoms with Crippen LogP contribution in [0.5, 0.6) is 0 Å². The first-order valence-electron chi connectivity index (χ1n) is 7.27. The van der Waals surface area contributed by atoms with Gasteiger partial charge < -0.3 is 20.8 Å². The predicted molar refractivity (Wildman–Crippen MR) is 95.3 cm³/mol. The monoisotopic (exact) mass is 400 g/mol. The second-order valence-corrected chi connectivity index (χ2v) is 8.60. The summed E-state index contributed by atoms with van der Waals surface area (Å²) >= 11 is 0. The highest BCUT2D eigenvalue weighted by Gasteiger charge is 2.19. The topological polar surface area (TPSA) is 156 Å². The number of benzene rings is 2. The zero-order valence-electron chi connectivity index (χ0n) is 13.4. The molecule has 0 spiro atoms. The molecule has 0 saturated carbocycles. The number of amides is 1. The first-order chi connectivity index (χ1) is 12.1. The van der Waals surface area contributed by atoms with Crippen molar-refractivity contribution in [2.45, 2.75) is 4.90 Å². The van der Waals surface area contributed by atoms with Crippen LogP contribution >= 0.6 is 7.82 Å². The molecule has 1 amide bonds. The van der Waals surface area contributed by atoms with Crippen molar-refractivity contribution < 1.29 is 32.1 Å². The van der Waals surface area contributed by atoms with E-state index in [4.69, 9.17) is 15.5 Å². The van der Waals surface area contributed by atoms with Crippen molar-refractivity contribution >= 4 is 34.9 Å². The highest BCUT2D eigenvalue weighted by atomic mass is 32.2. The lowest BCUT2D eigenvalue weighted by atomic mass is 10.2. The normalized spacial score (nSPS) is 11.9. The van der Waals surface area contributed by atoms with Gasteiger partial charge in [0.05, 0.1) is 17.3 Å². The van der Waals surface area contributed by atoms with Gasteiger partial charge in [0.1, 0.15) is 0 Å². The van der Waals surface area contributed by atoms with Gasteiger partial charge in [0.15, 0.2) is 9.84 Å². The number of phosphoric acid groups is 1. The van der Waals surface area contributed by atoms with E-state index in [-0.39, 0.29) is 10.6 Å². The van der Waals surface area contributed by atoms with Crippen LogP contribution in [0.1, 0.15) is 10.4 Å². The molecule has 0 unspecified atom stereocenters.